The molecule has 0 aliphatic carbocycles. The molecule has 1 aromatic rings. The molecule has 0 radical (unpaired) electrons. The van der Waals surface area contributed by atoms with Crippen molar-refractivity contribution in [3.8, 4) is 11.8 Å². The highest BCUT2D eigenvalue weighted by Crippen LogP contribution is 2.25. The third-order valence-electron chi connectivity index (χ3n) is 3.72. The zero-order chi connectivity index (χ0) is 17.0. The van der Waals surface area contributed by atoms with Gasteiger partial charge in [-0.1, -0.05) is 11.6 Å². The predicted octanol–water partition coefficient (Wildman–Crippen LogP) is 1.63. The number of benzene rings is 1. The summed E-state index contributed by atoms with van der Waals surface area (Å²) in [6, 6.07) is 6.21. The normalized spacial score (nSPS) is 19.1. The molecule has 8 heteroatoms. The van der Waals surface area contributed by atoms with Gasteiger partial charge in [0, 0.05) is 12.6 Å². The van der Waals surface area contributed by atoms with E-state index in [0.29, 0.717) is 24.3 Å². The maximum absolute atomic E-state index is 12.3. The van der Waals surface area contributed by atoms with Crippen molar-refractivity contribution in [2.24, 2.45) is 0 Å². The van der Waals surface area contributed by atoms with Crippen LogP contribution < -0.4 is 4.74 Å². The van der Waals surface area contributed by atoms with E-state index < -0.39 is 9.84 Å². The average molecular weight is 357 g/mol. The Morgan fingerprint density at radius 3 is 2.78 bits per heavy atom. The van der Waals surface area contributed by atoms with Crippen LogP contribution in [0.2, 0.25) is 5.02 Å². The fourth-order valence-corrected chi connectivity index (χ4v) is 4.54. The molecule has 1 amide bonds. The molecule has 1 fully saturated rings. The molecule has 0 bridgehead atoms. The predicted molar refractivity (Wildman–Crippen MR) is 86.1 cm³/mol. The second kappa shape index (κ2) is 7.20. The Labute approximate surface area is 140 Å². The van der Waals surface area contributed by atoms with Gasteiger partial charge in [0.25, 0.3) is 5.91 Å². The fraction of sp³-hybridized carbons (Fsp3) is 0.467. The van der Waals surface area contributed by atoms with Crippen molar-refractivity contribution in [2.75, 3.05) is 24.7 Å². The van der Waals surface area contributed by atoms with Gasteiger partial charge in [0.1, 0.15) is 5.75 Å². The van der Waals surface area contributed by atoms with Crippen LogP contribution in [0.3, 0.4) is 0 Å². The van der Waals surface area contributed by atoms with Gasteiger partial charge in [0.15, 0.2) is 16.4 Å². The quantitative estimate of drug-likeness (QED) is 0.800. The minimum atomic E-state index is -3.05. The van der Waals surface area contributed by atoms with Gasteiger partial charge in [-0.2, -0.15) is 5.26 Å². The molecule has 1 aliphatic heterocycles. The number of sulfone groups is 1. The third kappa shape index (κ3) is 4.36. The van der Waals surface area contributed by atoms with Crippen LogP contribution in [-0.2, 0) is 14.6 Å². The molecule has 1 atom stereocenters. The van der Waals surface area contributed by atoms with E-state index in [0.717, 1.165) is 0 Å². The average Bonchev–Trinajstić information content (AvgIpc) is 2.86. The zero-order valence-electron chi connectivity index (χ0n) is 12.7. The van der Waals surface area contributed by atoms with Crippen LogP contribution >= 0.6 is 11.6 Å². The molecular formula is C15H17ClN2O4S. The van der Waals surface area contributed by atoms with E-state index in [-0.39, 0.29) is 35.1 Å². The summed E-state index contributed by atoms with van der Waals surface area (Å²) >= 11 is 5.99. The first-order valence-corrected chi connectivity index (χ1v) is 9.38. The number of amides is 1. The fourth-order valence-electron chi connectivity index (χ4n) is 2.57. The van der Waals surface area contributed by atoms with E-state index in [2.05, 4.69) is 0 Å². The first-order valence-electron chi connectivity index (χ1n) is 7.18. The highest BCUT2D eigenvalue weighted by molar-refractivity contribution is 7.91. The highest BCUT2D eigenvalue weighted by atomic mass is 35.5. The Morgan fingerprint density at radius 2 is 2.26 bits per heavy atom. The van der Waals surface area contributed by atoms with Crippen molar-refractivity contribution >= 4 is 27.3 Å². The van der Waals surface area contributed by atoms with Gasteiger partial charge in [-0.05, 0) is 31.5 Å². The number of nitrogens with zero attached hydrogens (tertiary/aromatic N) is 2. The Morgan fingerprint density at radius 1 is 1.52 bits per heavy atom. The lowest BCUT2D eigenvalue weighted by Crippen LogP contribution is -2.43. The van der Waals surface area contributed by atoms with Crippen molar-refractivity contribution in [1.82, 2.24) is 4.90 Å². The van der Waals surface area contributed by atoms with Crippen molar-refractivity contribution in [3.05, 3.63) is 28.8 Å². The standard InChI is InChI=1S/C15H17ClN2O4S/c1-2-18(12-5-6-23(20,21)10-12)15(19)9-22-14-4-3-11(8-17)7-13(14)16/h3-4,7,12H,2,5-6,9-10H2,1H3. The van der Waals surface area contributed by atoms with E-state index >= 15 is 0 Å². The number of nitriles is 1. The van der Waals surface area contributed by atoms with Crippen LogP contribution in [0, 0.1) is 11.3 Å². The number of hydrogen-bond acceptors (Lipinski definition) is 5. The van der Waals surface area contributed by atoms with Crippen molar-refractivity contribution < 1.29 is 17.9 Å². The molecule has 124 valence electrons. The third-order valence-corrected chi connectivity index (χ3v) is 5.77. The van der Waals surface area contributed by atoms with Gasteiger partial charge in [-0.3, -0.25) is 4.79 Å². The summed E-state index contributed by atoms with van der Waals surface area (Å²) in [5.74, 6) is 0.151. The summed E-state index contributed by atoms with van der Waals surface area (Å²) in [5, 5.41) is 9.03. The summed E-state index contributed by atoms with van der Waals surface area (Å²) in [6.07, 6.45) is 0.458. The summed E-state index contributed by atoms with van der Waals surface area (Å²) in [5.41, 5.74) is 0.403. The van der Waals surface area contributed by atoms with E-state index in [9.17, 15) is 13.2 Å². The molecule has 6 nitrogen and oxygen atoms in total. The first kappa shape index (κ1) is 17.6. The monoisotopic (exact) mass is 356 g/mol. The van der Waals surface area contributed by atoms with Crippen molar-refractivity contribution in [1.29, 1.82) is 5.26 Å². The number of likely N-dealkylation sites (N-methyl/N-ethyl adjacent to an activating group) is 1. The van der Waals surface area contributed by atoms with Crippen LogP contribution in [0.15, 0.2) is 18.2 Å². The first-order chi connectivity index (χ1) is 10.9. The molecule has 1 aromatic carbocycles. The van der Waals surface area contributed by atoms with Gasteiger partial charge in [-0.25, -0.2) is 8.42 Å². The van der Waals surface area contributed by atoms with Gasteiger partial charge in [-0.15, -0.1) is 0 Å². The molecule has 1 saturated heterocycles. The van der Waals surface area contributed by atoms with Crippen LogP contribution in [0.4, 0.5) is 0 Å². The molecule has 0 N–H and O–H groups in total. The molecule has 1 heterocycles. The summed E-state index contributed by atoms with van der Waals surface area (Å²) in [7, 11) is -3.05. The van der Waals surface area contributed by atoms with Crippen LogP contribution in [0.25, 0.3) is 0 Å². The minimum absolute atomic E-state index is 0.00417. The summed E-state index contributed by atoms with van der Waals surface area (Å²) < 4.78 is 28.5. The van der Waals surface area contributed by atoms with Gasteiger partial charge in [0.2, 0.25) is 0 Å². The molecule has 23 heavy (non-hydrogen) atoms. The lowest BCUT2D eigenvalue weighted by molar-refractivity contribution is -0.135. The molecule has 0 saturated carbocycles. The van der Waals surface area contributed by atoms with Crippen LogP contribution in [0.5, 0.6) is 5.75 Å². The number of hydrogen-bond donors (Lipinski definition) is 0. The maximum atomic E-state index is 12.3. The Kier molecular flexibility index (Phi) is 5.50. The Hall–Kier alpha value is -1.78. The lowest BCUT2D eigenvalue weighted by atomic mass is 10.2. The van der Waals surface area contributed by atoms with Crippen LogP contribution in [-0.4, -0.2) is 49.9 Å². The second-order valence-electron chi connectivity index (χ2n) is 5.28. The SMILES string of the molecule is CCN(C(=O)COc1ccc(C#N)cc1Cl)C1CCS(=O)(=O)C1. The van der Waals surface area contributed by atoms with E-state index in [1.807, 2.05) is 6.07 Å². The number of carbonyl (C=O) groups is 1. The second-order valence-corrected chi connectivity index (χ2v) is 7.92. The number of halogens is 1. The van der Waals surface area contributed by atoms with E-state index in [4.69, 9.17) is 21.6 Å². The Bertz CT molecular complexity index is 742. The molecule has 0 spiro atoms. The van der Waals surface area contributed by atoms with Crippen molar-refractivity contribution in [2.45, 2.75) is 19.4 Å². The molecule has 2 rings (SSSR count). The number of ether oxygens (including phenoxy) is 1. The maximum Gasteiger partial charge on any atom is 0.260 e. The zero-order valence-corrected chi connectivity index (χ0v) is 14.2. The van der Waals surface area contributed by atoms with Gasteiger partial charge >= 0.3 is 0 Å². The highest BCUT2D eigenvalue weighted by Gasteiger charge is 2.33. The van der Waals surface area contributed by atoms with Crippen LogP contribution in [0.1, 0.15) is 18.9 Å². The van der Waals surface area contributed by atoms with E-state index in [1.165, 1.54) is 17.0 Å². The number of carbonyl (C=O) groups excluding carboxylic acids is 1. The molecule has 0 aromatic heterocycles. The van der Waals surface area contributed by atoms with E-state index in [1.54, 1.807) is 13.0 Å². The largest absolute Gasteiger partial charge is 0.482 e. The summed E-state index contributed by atoms with van der Waals surface area (Å²) in [4.78, 5) is 13.8. The topological polar surface area (TPSA) is 87.5 Å². The smallest absolute Gasteiger partial charge is 0.260 e. The molecule has 1 aliphatic rings. The Balaban J connectivity index is 1.99. The minimum Gasteiger partial charge on any atom is -0.482 e. The van der Waals surface area contributed by atoms with Crippen molar-refractivity contribution in [3.63, 3.8) is 0 Å². The van der Waals surface area contributed by atoms with Gasteiger partial charge in [0.05, 0.1) is 28.2 Å². The molecular weight excluding hydrogens is 340 g/mol. The lowest BCUT2D eigenvalue weighted by Gasteiger charge is -2.26. The van der Waals surface area contributed by atoms with Gasteiger partial charge < -0.3 is 9.64 Å². The molecule has 1 unspecified atom stereocenters. The summed E-state index contributed by atoms with van der Waals surface area (Å²) in [6.45, 7) is 2.00. The number of rotatable bonds is 5.